The van der Waals surface area contributed by atoms with E-state index in [9.17, 15) is 9.59 Å². The number of amides is 2. The van der Waals surface area contributed by atoms with Crippen LogP contribution >= 0.6 is 0 Å². The van der Waals surface area contributed by atoms with Gasteiger partial charge in [0, 0.05) is 44.5 Å². The topological polar surface area (TPSA) is 66.0 Å². The van der Waals surface area contributed by atoms with E-state index in [0.29, 0.717) is 26.2 Å². The summed E-state index contributed by atoms with van der Waals surface area (Å²) in [5, 5.41) is 0. The van der Waals surface area contributed by atoms with E-state index < -0.39 is 5.60 Å². The lowest BCUT2D eigenvalue weighted by Crippen LogP contribution is -2.50. The number of carbonyl (C=O) groups is 2. The second kappa shape index (κ2) is 8.15. The highest BCUT2D eigenvalue weighted by molar-refractivity contribution is 5.68. The van der Waals surface area contributed by atoms with Gasteiger partial charge in [0.2, 0.25) is 6.41 Å². The molecule has 2 aliphatic heterocycles. The van der Waals surface area contributed by atoms with Gasteiger partial charge >= 0.3 is 6.09 Å². The molecule has 0 spiro atoms. The Balaban J connectivity index is 1.70. The molecule has 148 valence electrons. The molecule has 7 heteroatoms. The number of ether oxygens (including phenoxy) is 1. The average Bonchev–Trinajstić information content (AvgIpc) is 2.67. The number of rotatable bonds is 3. The molecule has 0 saturated carbocycles. The first-order chi connectivity index (χ1) is 12.9. The Bertz CT molecular complexity index is 665. The van der Waals surface area contributed by atoms with Crippen LogP contribution in [0.3, 0.4) is 0 Å². The molecule has 27 heavy (non-hydrogen) atoms. The standard InChI is InChI=1S/C20H30N4O3/c1-20(2,3)27-19(26)23-13-11-22(12-14-23)18-16(7-6-9-21-18)17-8-4-5-10-24(17)15-25/h6-7,9,15,17H,4-5,8,10-14H2,1-3H3/t17-/m0/s1. The summed E-state index contributed by atoms with van der Waals surface area (Å²) in [4.78, 5) is 34.3. The lowest BCUT2D eigenvalue weighted by molar-refractivity contribution is -0.121. The predicted molar refractivity (Wildman–Crippen MR) is 104 cm³/mol. The minimum absolute atomic E-state index is 0.0869. The maximum atomic E-state index is 12.3. The van der Waals surface area contributed by atoms with Crippen LogP contribution in [0.4, 0.5) is 10.6 Å². The molecular weight excluding hydrogens is 344 g/mol. The number of carbonyl (C=O) groups excluding carboxylic acids is 2. The summed E-state index contributed by atoms with van der Waals surface area (Å²) in [7, 11) is 0. The first-order valence-electron chi connectivity index (χ1n) is 9.78. The van der Waals surface area contributed by atoms with Gasteiger partial charge in [-0.15, -0.1) is 0 Å². The number of likely N-dealkylation sites (tertiary alicyclic amines) is 1. The summed E-state index contributed by atoms with van der Waals surface area (Å²) in [6.07, 6.45) is 5.64. The zero-order valence-electron chi connectivity index (χ0n) is 16.6. The summed E-state index contributed by atoms with van der Waals surface area (Å²) in [6, 6.07) is 4.10. The molecular formula is C20H30N4O3. The van der Waals surface area contributed by atoms with E-state index >= 15 is 0 Å². The van der Waals surface area contributed by atoms with Crippen molar-refractivity contribution < 1.29 is 14.3 Å². The maximum absolute atomic E-state index is 12.3. The highest BCUT2D eigenvalue weighted by Gasteiger charge is 2.30. The van der Waals surface area contributed by atoms with Gasteiger partial charge in [-0.1, -0.05) is 6.07 Å². The third-order valence-corrected chi connectivity index (χ3v) is 5.09. The van der Waals surface area contributed by atoms with Gasteiger partial charge in [-0.05, 0) is 46.1 Å². The molecule has 2 aliphatic rings. The van der Waals surface area contributed by atoms with Crippen molar-refractivity contribution in [3.05, 3.63) is 23.9 Å². The third-order valence-electron chi connectivity index (χ3n) is 5.09. The molecule has 0 radical (unpaired) electrons. The Morgan fingerprint density at radius 3 is 2.59 bits per heavy atom. The quantitative estimate of drug-likeness (QED) is 0.761. The Hall–Kier alpha value is -2.31. The lowest BCUT2D eigenvalue weighted by Gasteiger charge is -2.39. The van der Waals surface area contributed by atoms with E-state index in [4.69, 9.17) is 4.74 Å². The molecule has 2 fully saturated rings. The molecule has 0 bridgehead atoms. The number of hydrogen-bond acceptors (Lipinski definition) is 5. The van der Waals surface area contributed by atoms with Gasteiger partial charge in [-0.3, -0.25) is 4.79 Å². The molecule has 1 atom stereocenters. The van der Waals surface area contributed by atoms with Crippen LogP contribution in [-0.4, -0.2) is 65.6 Å². The Labute approximate surface area is 161 Å². The fourth-order valence-corrected chi connectivity index (χ4v) is 3.78. The molecule has 2 saturated heterocycles. The minimum atomic E-state index is -0.484. The van der Waals surface area contributed by atoms with Crippen molar-refractivity contribution in [3.8, 4) is 0 Å². The Kier molecular flexibility index (Phi) is 5.87. The number of nitrogens with zero attached hydrogens (tertiary/aromatic N) is 4. The van der Waals surface area contributed by atoms with Gasteiger partial charge in [0.05, 0.1) is 6.04 Å². The smallest absolute Gasteiger partial charge is 0.410 e. The molecule has 3 rings (SSSR count). The van der Waals surface area contributed by atoms with Crippen LogP contribution in [-0.2, 0) is 9.53 Å². The Morgan fingerprint density at radius 1 is 1.19 bits per heavy atom. The van der Waals surface area contributed by atoms with Crippen LogP contribution in [0.15, 0.2) is 18.3 Å². The van der Waals surface area contributed by atoms with Gasteiger partial charge in [0.1, 0.15) is 11.4 Å². The van der Waals surface area contributed by atoms with Gasteiger partial charge in [-0.2, -0.15) is 0 Å². The summed E-state index contributed by atoms with van der Waals surface area (Å²) in [5.74, 6) is 0.931. The zero-order chi connectivity index (χ0) is 19.4. The highest BCUT2D eigenvalue weighted by atomic mass is 16.6. The molecule has 7 nitrogen and oxygen atoms in total. The molecule has 0 N–H and O–H groups in total. The van der Waals surface area contributed by atoms with E-state index in [2.05, 4.69) is 16.0 Å². The third kappa shape index (κ3) is 4.70. The molecule has 0 unspecified atom stereocenters. The minimum Gasteiger partial charge on any atom is -0.444 e. The second-order valence-corrected chi connectivity index (χ2v) is 8.23. The monoisotopic (exact) mass is 374 g/mol. The predicted octanol–water partition coefficient (Wildman–Crippen LogP) is 2.82. The first kappa shape index (κ1) is 19.5. The van der Waals surface area contributed by atoms with E-state index in [1.54, 1.807) is 11.1 Å². The van der Waals surface area contributed by atoms with Crippen LogP contribution in [0, 0.1) is 0 Å². The first-order valence-corrected chi connectivity index (χ1v) is 9.78. The molecule has 1 aromatic heterocycles. The van der Waals surface area contributed by atoms with E-state index in [0.717, 1.165) is 43.6 Å². The molecule has 0 aliphatic carbocycles. The number of aromatic nitrogens is 1. The number of anilines is 1. The number of hydrogen-bond donors (Lipinski definition) is 0. The highest BCUT2D eigenvalue weighted by Crippen LogP contribution is 2.34. The van der Waals surface area contributed by atoms with Gasteiger partial charge in [-0.25, -0.2) is 9.78 Å². The van der Waals surface area contributed by atoms with Gasteiger partial charge < -0.3 is 19.4 Å². The zero-order valence-corrected chi connectivity index (χ0v) is 16.6. The number of piperidine rings is 1. The van der Waals surface area contributed by atoms with Gasteiger partial charge in [0.25, 0.3) is 0 Å². The van der Waals surface area contributed by atoms with Crippen LogP contribution in [0.2, 0.25) is 0 Å². The molecule has 3 heterocycles. The lowest BCUT2D eigenvalue weighted by atomic mass is 9.95. The molecule has 0 aromatic carbocycles. The summed E-state index contributed by atoms with van der Waals surface area (Å²) < 4.78 is 5.47. The van der Waals surface area contributed by atoms with Crippen molar-refractivity contribution in [2.24, 2.45) is 0 Å². The van der Waals surface area contributed by atoms with Crippen LogP contribution in [0.1, 0.15) is 51.6 Å². The van der Waals surface area contributed by atoms with Crippen molar-refractivity contribution in [3.63, 3.8) is 0 Å². The van der Waals surface area contributed by atoms with Crippen molar-refractivity contribution in [2.75, 3.05) is 37.6 Å². The summed E-state index contributed by atoms with van der Waals surface area (Å²) in [5.41, 5.74) is 0.622. The van der Waals surface area contributed by atoms with E-state index in [-0.39, 0.29) is 12.1 Å². The fourth-order valence-electron chi connectivity index (χ4n) is 3.78. The fraction of sp³-hybridized carbons (Fsp3) is 0.650. The van der Waals surface area contributed by atoms with E-state index in [1.165, 1.54) is 0 Å². The second-order valence-electron chi connectivity index (χ2n) is 8.23. The largest absolute Gasteiger partial charge is 0.444 e. The van der Waals surface area contributed by atoms with Crippen molar-refractivity contribution in [1.82, 2.24) is 14.8 Å². The van der Waals surface area contributed by atoms with Crippen molar-refractivity contribution >= 4 is 18.3 Å². The van der Waals surface area contributed by atoms with Crippen LogP contribution in [0.5, 0.6) is 0 Å². The summed E-state index contributed by atoms with van der Waals surface area (Å²) >= 11 is 0. The van der Waals surface area contributed by atoms with Crippen LogP contribution in [0.25, 0.3) is 0 Å². The number of pyridine rings is 1. The summed E-state index contributed by atoms with van der Waals surface area (Å²) in [6.45, 7) is 9.06. The average molecular weight is 374 g/mol. The van der Waals surface area contributed by atoms with E-state index in [1.807, 2.05) is 31.7 Å². The normalized spacial score (nSPS) is 21.1. The number of piperazine rings is 1. The Morgan fingerprint density at radius 2 is 1.93 bits per heavy atom. The van der Waals surface area contributed by atoms with Crippen molar-refractivity contribution in [2.45, 2.75) is 51.7 Å². The SMILES string of the molecule is CC(C)(C)OC(=O)N1CCN(c2ncccc2[C@@H]2CCCCN2C=O)CC1. The van der Waals surface area contributed by atoms with Crippen molar-refractivity contribution in [1.29, 1.82) is 0 Å². The maximum Gasteiger partial charge on any atom is 0.410 e. The molecule has 1 aromatic rings. The molecule has 2 amide bonds. The van der Waals surface area contributed by atoms with Crippen LogP contribution < -0.4 is 4.90 Å². The van der Waals surface area contributed by atoms with Gasteiger partial charge in [0.15, 0.2) is 0 Å².